The normalized spacial score (nSPS) is 16.8. The number of aromatic hydroxyl groups is 1. The van der Waals surface area contributed by atoms with E-state index in [4.69, 9.17) is 9.47 Å². The van der Waals surface area contributed by atoms with E-state index in [1.165, 1.54) is 19.1 Å². The van der Waals surface area contributed by atoms with Crippen molar-refractivity contribution in [2.45, 2.75) is 25.2 Å². The lowest BCUT2D eigenvalue weighted by Crippen LogP contribution is -2.45. The molecule has 2 aromatic rings. The van der Waals surface area contributed by atoms with E-state index < -0.39 is 23.7 Å². The molecule has 10 heteroatoms. The Bertz CT molecular complexity index is 898. The standard InChI is InChI=1S/C17H18F3N3O4/c1-26-11-4-3-10(12(7-11)27-2)9-22-6-5-13(17(18,19)20)23-15(25)8-14(24)21-16(22)23/h3-4,7-8,13,24H,5-6,9H2,1-2H3. The number of hydrogen-bond acceptors (Lipinski definition) is 6. The van der Waals surface area contributed by atoms with Crippen molar-refractivity contribution >= 4 is 5.95 Å². The molecule has 146 valence electrons. The molecule has 1 unspecified atom stereocenters. The van der Waals surface area contributed by atoms with Crippen molar-refractivity contribution < 1.29 is 27.8 Å². The highest BCUT2D eigenvalue weighted by Crippen LogP contribution is 2.39. The molecule has 1 aromatic heterocycles. The molecule has 27 heavy (non-hydrogen) atoms. The maximum absolute atomic E-state index is 13.4. The smallest absolute Gasteiger partial charge is 0.409 e. The van der Waals surface area contributed by atoms with Gasteiger partial charge in [-0.1, -0.05) is 0 Å². The summed E-state index contributed by atoms with van der Waals surface area (Å²) in [5, 5.41) is 9.64. The van der Waals surface area contributed by atoms with Crippen LogP contribution in [0.3, 0.4) is 0 Å². The quantitative estimate of drug-likeness (QED) is 0.872. The molecular formula is C17H18F3N3O4. The topological polar surface area (TPSA) is 76.8 Å². The van der Waals surface area contributed by atoms with Crippen LogP contribution in [0.25, 0.3) is 0 Å². The summed E-state index contributed by atoms with van der Waals surface area (Å²) in [6.45, 7) is 0.156. The summed E-state index contributed by atoms with van der Waals surface area (Å²) in [7, 11) is 2.97. The molecule has 0 aliphatic carbocycles. The van der Waals surface area contributed by atoms with Crippen LogP contribution in [0.1, 0.15) is 18.0 Å². The van der Waals surface area contributed by atoms with Crippen molar-refractivity contribution in [1.29, 1.82) is 0 Å². The van der Waals surface area contributed by atoms with Gasteiger partial charge in [0.15, 0.2) is 0 Å². The fourth-order valence-electron chi connectivity index (χ4n) is 3.14. The Hall–Kier alpha value is -2.91. The lowest BCUT2D eigenvalue weighted by Gasteiger charge is -2.36. The minimum Gasteiger partial charge on any atom is -0.497 e. The number of benzene rings is 1. The highest BCUT2D eigenvalue weighted by molar-refractivity contribution is 5.45. The molecule has 7 nitrogen and oxygen atoms in total. The molecule has 1 aliphatic rings. The van der Waals surface area contributed by atoms with Gasteiger partial charge >= 0.3 is 6.18 Å². The maximum atomic E-state index is 13.4. The first-order chi connectivity index (χ1) is 12.7. The Kier molecular flexibility index (Phi) is 4.90. The maximum Gasteiger partial charge on any atom is 0.409 e. The van der Waals surface area contributed by atoms with Gasteiger partial charge in [-0.15, -0.1) is 0 Å². The summed E-state index contributed by atoms with van der Waals surface area (Å²) >= 11 is 0. The third-order valence-corrected chi connectivity index (χ3v) is 4.42. The van der Waals surface area contributed by atoms with Crippen molar-refractivity contribution in [1.82, 2.24) is 9.55 Å². The van der Waals surface area contributed by atoms with Gasteiger partial charge in [-0.05, 0) is 18.6 Å². The summed E-state index contributed by atoms with van der Waals surface area (Å²) < 4.78 is 51.1. The summed E-state index contributed by atoms with van der Waals surface area (Å²) in [4.78, 5) is 17.4. The van der Waals surface area contributed by atoms with Crippen molar-refractivity contribution in [2.24, 2.45) is 0 Å². The van der Waals surface area contributed by atoms with Crippen LogP contribution in [0.15, 0.2) is 29.1 Å². The zero-order chi connectivity index (χ0) is 19.8. The van der Waals surface area contributed by atoms with E-state index in [9.17, 15) is 23.1 Å². The second kappa shape index (κ2) is 7.01. The van der Waals surface area contributed by atoms with Crippen molar-refractivity contribution in [3.05, 3.63) is 40.2 Å². The molecule has 0 radical (unpaired) electrons. The summed E-state index contributed by atoms with van der Waals surface area (Å²) in [5.41, 5.74) is -0.279. The van der Waals surface area contributed by atoms with Crippen LogP contribution in [0.4, 0.5) is 19.1 Å². The van der Waals surface area contributed by atoms with Crippen LogP contribution in [0.5, 0.6) is 17.4 Å². The molecule has 1 aromatic carbocycles. The zero-order valence-corrected chi connectivity index (χ0v) is 14.7. The molecule has 1 N–H and O–H groups in total. The summed E-state index contributed by atoms with van der Waals surface area (Å²) in [5.74, 6) is 0.201. The van der Waals surface area contributed by atoms with E-state index in [0.29, 0.717) is 27.7 Å². The van der Waals surface area contributed by atoms with Crippen LogP contribution < -0.4 is 19.9 Å². The lowest BCUT2D eigenvalue weighted by molar-refractivity contribution is -0.171. The molecule has 0 spiro atoms. The van der Waals surface area contributed by atoms with Gasteiger partial charge < -0.3 is 19.5 Å². The van der Waals surface area contributed by atoms with Crippen molar-refractivity contribution in [2.75, 3.05) is 25.7 Å². The number of nitrogens with zero attached hydrogens (tertiary/aromatic N) is 3. The first kappa shape index (κ1) is 18.9. The van der Waals surface area contributed by atoms with Gasteiger partial charge in [-0.25, -0.2) is 0 Å². The molecule has 1 aliphatic heterocycles. The number of ether oxygens (including phenoxy) is 2. The lowest BCUT2D eigenvalue weighted by atomic mass is 10.1. The van der Waals surface area contributed by atoms with E-state index in [1.807, 2.05) is 0 Å². The molecule has 0 saturated carbocycles. The van der Waals surface area contributed by atoms with Crippen LogP contribution in [-0.2, 0) is 6.54 Å². The van der Waals surface area contributed by atoms with Crippen LogP contribution in [0.2, 0.25) is 0 Å². The SMILES string of the molecule is COc1ccc(CN2CCC(C(F)(F)F)n3c2nc(O)cc3=O)c(OC)c1. The van der Waals surface area contributed by atoms with E-state index in [0.717, 1.165) is 0 Å². The average molecular weight is 385 g/mol. The molecule has 0 amide bonds. The number of hydrogen-bond donors (Lipinski definition) is 1. The third kappa shape index (κ3) is 3.64. The Labute approximate surface area is 152 Å². The number of anilines is 1. The predicted octanol–water partition coefficient (Wildman–Crippen LogP) is 2.48. The van der Waals surface area contributed by atoms with Gasteiger partial charge in [0.05, 0.1) is 20.3 Å². The highest BCUT2D eigenvalue weighted by Gasteiger charge is 2.45. The van der Waals surface area contributed by atoms with Crippen LogP contribution in [0, 0.1) is 0 Å². The largest absolute Gasteiger partial charge is 0.497 e. The number of fused-ring (bicyclic) bond motifs is 1. The van der Waals surface area contributed by atoms with Crippen LogP contribution >= 0.6 is 0 Å². The molecule has 0 fully saturated rings. The fourth-order valence-corrected chi connectivity index (χ4v) is 3.14. The summed E-state index contributed by atoms with van der Waals surface area (Å²) in [6, 6.07) is 3.77. The van der Waals surface area contributed by atoms with Gasteiger partial charge in [-0.2, -0.15) is 18.2 Å². The minimum absolute atomic E-state index is 0.00918. The van der Waals surface area contributed by atoms with Crippen LogP contribution in [-0.4, -0.2) is 41.6 Å². The van der Waals surface area contributed by atoms with Gasteiger partial charge in [-0.3, -0.25) is 9.36 Å². The van der Waals surface area contributed by atoms with Gasteiger partial charge in [0, 0.05) is 24.7 Å². The van der Waals surface area contributed by atoms with Crippen molar-refractivity contribution in [3.8, 4) is 17.4 Å². The Balaban J connectivity index is 2.03. The second-order valence-electron chi connectivity index (χ2n) is 6.07. The Morgan fingerprint density at radius 3 is 2.63 bits per heavy atom. The molecular weight excluding hydrogens is 367 g/mol. The number of rotatable bonds is 4. The predicted molar refractivity (Wildman–Crippen MR) is 90.5 cm³/mol. The van der Waals surface area contributed by atoms with E-state index in [1.54, 1.807) is 18.2 Å². The summed E-state index contributed by atoms with van der Waals surface area (Å²) in [6.07, 6.45) is -4.90. The molecule has 2 heterocycles. The zero-order valence-electron chi connectivity index (χ0n) is 14.7. The first-order valence-corrected chi connectivity index (χ1v) is 8.09. The monoisotopic (exact) mass is 385 g/mol. The van der Waals surface area contributed by atoms with E-state index >= 15 is 0 Å². The average Bonchev–Trinajstić information content (AvgIpc) is 2.61. The van der Waals surface area contributed by atoms with Gasteiger partial charge in [0.1, 0.15) is 17.5 Å². The third-order valence-electron chi connectivity index (χ3n) is 4.42. The highest BCUT2D eigenvalue weighted by atomic mass is 19.4. The van der Waals surface area contributed by atoms with Crippen molar-refractivity contribution in [3.63, 3.8) is 0 Å². The first-order valence-electron chi connectivity index (χ1n) is 8.09. The molecule has 1 atom stereocenters. The molecule has 0 saturated heterocycles. The number of alkyl halides is 3. The number of aromatic nitrogens is 2. The minimum atomic E-state index is -4.60. The Morgan fingerprint density at radius 1 is 1.26 bits per heavy atom. The van der Waals surface area contributed by atoms with E-state index in [2.05, 4.69) is 4.98 Å². The number of halogens is 3. The van der Waals surface area contributed by atoms with E-state index in [-0.39, 0.29) is 25.5 Å². The second-order valence-corrected chi connectivity index (χ2v) is 6.07. The number of methoxy groups -OCH3 is 2. The van der Waals surface area contributed by atoms with Gasteiger partial charge in [0.2, 0.25) is 11.8 Å². The fraction of sp³-hybridized carbons (Fsp3) is 0.412. The Morgan fingerprint density at radius 2 is 2.00 bits per heavy atom. The van der Waals surface area contributed by atoms with Gasteiger partial charge in [0.25, 0.3) is 5.56 Å². The molecule has 3 rings (SSSR count). The molecule has 0 bridgehead atoms.